The molecule has 0 radical (unpaired) electrons. The van der Waals surface area contributed by atoms with Crippen molar-refractivity contribution in [1.29, 1.82) is 0 Å². The van der Waals surface area contributed by atoms with Crippen molar-refractivity contribution in [3.63, 3.8) is 0 Å². The molecule has 2 heterocycles. The van der Waals surface area contributed by atoms with E-state index < -0.39 is 0 Å². The summed E-state index contributed by atoms with van der Waals surface area (Å²) in [6.07, 6.45) is 1.20. The number of benzene rings is 1. The van der Waals surface area contributed by atoms with Crippen molar-refractivity contribution < 1.29 is 14.1 Å². The molecule has 0 spiro atoms. The zero-order valence-corrected chi connectivity index (χ0v) is 14.1. The number of rotatable bonds is 4. The van der Waals surface area contributed by atoms with E-state index in [0.717, 1.165) is 11.1 Å². The lowest BCUT2D eigenvalue weighted by atomic mass is 9.96. The van der Waals surface area contributed by atoms with Crippen molar-refractivity contribution in [3.05, 3.63) is 35.7 Å². The number of urea groups is 1. The van der Waals surface area contributed by atoms with Crippen LogP contribution in [0, 0.1) is 12.8 Å². The van der Waals surface area contributed by atoms with Gasteiger partial charge in [0.15, 0.2) is 0 Å². The van der Waals surface area contributed by atoms with Gasteiger partial charge in [0.05, 0.1) is 6.54 Å². The van der Waals surface area contributed by atoms with Crippen LogP contribution >= 0.6 is 0 Å². The van der Waals surface area contributed by atoms with Gasteiger partial charge in [0.2, 0.25) is 17.6 Å². The van der Waals surface area contributed by atoms with E-state index in [9.17, 15) is 9.59 Å². The number of nitrogens with zero attached hydrogens (tertiary/aromatic N) is 3. The average Bonchev–Trinajstić information content (AvgIpc) is 3.09. The molecular weight excluding hydrogens is 322 g/mol. The van der Waals surface area contributed by atoms with Gasteiger partial charge in [-0.05, 0) is 25.8 Å². The largest absolute Gasteiger partial charge is 0.369 e. The third-order valence-electron chi connectivity index (χ3n) is 4.32. The van der Waals surface area contributed by atoms with Gasteiger partial charge >= 0.3 is 6.03 Å². The molecule has 1 aliphatic rings. The summed E-state index contributed by atoms with van der Waals surface area (Å²) < 4.78 is 5.19. The fraction of sp³-hybridized carbons (Fsp3) is 0.412. The molecule has 2 aromatic rings. The molecule has 0 aliphatic carbocycles. The zero-order chi connectivity index (χ0) is 17.8. The molecule has 1 aromatic heterocycles. The van der Waals surface area contributed by atoms with Gasteiger partial charge in [-0.1, -0.05) is 28.9 Å². The summed E-state index contributed by atoms with van der Waals surface area (Å²) in [6, 6.07) is 7.59. The summed E-state index contributed by atoms with van der Waals surface area (Å²) >= 11 is 0. The van der Waals surface area contributed by atoms with Gasteiger partial charge < -0.3 is 20.5 Å². The number of aryl methyl sites for hydroxylation is 1. The Kier molecular flexibility index (Phi) is 4.97. The van der Waals surface area contributed by atoms with Crippen LogP contribution in [0.3, 0.4) is 0 Å². The molecule has 0 bridgehead atoms. The smallest absolute Gasteiger partial charge is 0.317 e. The molecule has 1 aromatic carbocycles. The second-order valence-corrected chi connectivity index (χ2v) is 6.20. The van der Waals surface area contributed by atoms with Crippen LogP contribution in [0.25, 0.3) is 11.4 Å². The number of nitrogens with one attached hydrogen (secondary N) is 1. The van der Waals surface area contributed by atoms with Crippen molar-refractivity contribution in [3.8, 4) is 11.4 Å². The summed E-state index contributed by atoms with van der Waals surface area (Å²) in [7, 11) is 0. The number of piperidine rings is 1. The molecule has 132 valence electrons. The number of carbonyl (C=O) groups is 2. The van der Waals surface area contributed by atoms with Gasteiger partial charge in [0, 0.05) is 24.6 Å². The minimum atomic E-state index is -0.297. The molecule has 25 heavy (non-hydrogen) atoms. The van der Waals surface area contributed by atoms with Gasteiger partial charge in [-0.15, -0.1) is 0 Å². The third kappa shape index (κ3) is 4.14. The van der Waals surface area contributed by atoms with Crippen molar-refractivity contribution in [1.82, 2.24) is 20.4 Å². The number of likely N-dealkylation sites (tertiary alicyclic amines) is 1. The van der Waals surface area contributed by atoms with Crippen LogP contribution in [0.2, 0.25) is 0 Å². The zero-order valence-electron chi connectivity index (χ0n) is 14.1. The lowest BCUT2D eigenvalue weighted by Crippen LogP contribution is -2.46. The number of hydrogen-bond acceptors (Lipinski definition) is 5. The lowest BCUT2D eigenvalue weighted by Gasteiger charge is -2.30. The van der Waals surface area contributed by atoms with Gasteiger partial charge in [-0.2, -0.15) is 4.98 Å². The number of hydrogen-bond donors (Lipinski definition) is 2. The van der Waals surface area contributed by atoms with E-state index in [-0.39, 0.29) is 24.4 Å². The molecule has 0 saturated carbocycles. The predicted octanol–water partition coefficient (Wildman–Crippen LogP) is 1.45. The normalized spacial score (nSPS) is 15.2. The maximum atomic E-state index is 12.2. The quantitative estimate of drug-likeness (QED) is 0.872. The summed E-state index contributed by atoms with van der Waals surface area (Å²) in [5.41, 5.74) is 7.28. The second kappa shape index (κ2) is 7.33. The molecule has 1 aliphatic heterocycles. The summed E-state index contributed by atoms with van der Waals surface area (Å²) in [5.74, 6) is 0.401. The van der Waals surface area contributed by atoms with Crippen LogP contribution in [0.4, 0.5) is 4.79 Å². The van der Waals surface area contributed by atoms with E-state index in [4.69, 9.17) is 10.3 Å². The first-order valence-electron chi connectivity index (χ1n) is 8.24. The Morgan fingerprint density at radius 1 is 1.36 bits per heavy atom. The summed E-state index contributed by atoms with van der Waals surface area (Å²) in [5, 5.41) is 6.71. The minimum absolute atomic E-state index is 0.142. The Hall–Kier alpha value is -2.90. The third-order valence-corrected chi connectivity index (χ3v) is 4.32. The molecule has 1 fully saturated rings. The molecule has 0 atom stereocenters. The summed E-state index contributed by atoms with van der Waals surface area (Å²) in [6.45, 7) is 3.18. The highest BCUT2D eigenvalue weighted by Crippen LogP contribution is 2.18. The van der Waals surface area contributed by atoms with Gasteiger partial charge in [0.25, 0.3) is 0 Å². The number of amides is 3. The molecule has 8 heteroatoms. The van der Waals surface area contributed by atoms with Crippen LogP contribution in [0.5, 0.6) is 0 Å². The van der Waals surface area contributed by atoms with Crippen molar-refractivity contribution in [2.75, 3.05) is 13.1 Å². The fourth-order valence-corrected chi connectivity index (χ4v) is 2.86. The van der Waals surface area contributed by atoms with E-state index in [0.29, 0.717) is 37.6 Å². The van der Waals surface area contributed by atoms with Crippen molar-refractivity contribution >= 4 is 11.9 Å². The molecule has 0 unspecified atom stereocenters. The van der Waals surface area contributed by atoms with E-state index in [1.165, 1.54) is 0 Å². The topological polar surface area (TPSA) is 114 Å². The highest BCUT2D eigenvalue weighted by Gasteiger charge is 2.25. The molecule has 8 nitrogen and oxygen atoms in total. The first-order valence-corrected chi connectivity index (χ1v) is 8.24. The average molecular weight is 343 g/mol. The number of carbonyl (C=O) groups excluding carboxylic acids is 2. The number of aromatic nitrogens is 2. The predicted molar refractivity (Wildman–Crippen MR) is 90.2 cm³/mol. The van der Waals surface area contributed by atoms with E-state index in [1.807, 2.05) is 31.2 Å². The fourth-order valence-electron chi connectivity index (χ4n) is 2.86. The minimum Gasteiger partial charge on any atom is -0.369 e. The van der Waals surface area contributed by atoms with Crippen LogP contribution < -0.4 is 11.1 Å². The summed E-state index contributed by atoms with van der Waals surface area (Å²) in [4.78, 5) is 29.3. The van der Waals surface area contributed by atoms with Crippen LogP contribution in [0.1, 0.15) is 24.3 Å². The Bertz CT molecular complexity index is 765. The van der Waals surface area contributed by atoms with E-state index >= 15 is 0 Å². The molecule has 3 rings (SSSR count). The van der Waals surface area contributed by atoms with Crippen LogP contribution in [-0.4, -0.2) is 40.1 Å². The second-order valence-electron chi connectivity index (χ2n) is 6.20. The van der Waals surface area contributed by atoms with Crippen LogP contribution in [0.15, 0.2) is 28.8 Å². The Morgan fingerprint density at radius 3 is 2.80 bits per heavy atom. The first kappa shape index (κ1) is 16.9. The maximum absolute atomic E-state index is 12.2. The standard InChI is InChI=1S/C17H21N5O3/c1-11-3-2-4-13(9-11)16-20-14(25-21-16)10-19-17(24)22-7-5-12(6-8-22)15(18)23/h2-4,9,12H,5-8,10H2,1H3,(H2,18,23)(H,19,24). The molecule has 1 saturated heterocycles. The molecular formula is C17H21N5O3. The van der Waals surface area contributed by atoms with Crippen molar-refractivity contribution in [2.45, 2.75) is 26.3 Å². The van der Waals surface area contributed by atoms with Gasteiger partial charge in [0.1, 0.15) is 0 Å². The molecule has 3 N–H and O–H groups in total. The monoisotopic (exact) mass is 343 g/mol. The van der Waals surface area contributed by atoms with Gasteiger partial charge in [-0.25, -0.2) is 4.79 Å². The van der Waals surface area contributed by atoms with E-state index in [2.05, 4.69) is 15.5 Å². The highest BCUT2D eigenvalue weighted by atomic mass is 16.5. The Balaban J connectivity index is 1.52. The maximum Gasteiger partial charge on any atom is 0.317 e. The van der Waals surface area contributed by atoms with Crippen LogP contribution in [-0.2, 0) is 11.3 Å². The molecule has 3 amide bonds. The number of nitrogens with two attached hydrogens (primary N) is 1. The lowest BCUT2D eigenvalue weighted by molar-refractivity contribution is -0.123. The van der Waals surface area contributed by atoms with Crippen molar-refractivity contribution in [2.24, 2.45) is 11.7 Å². The first-order chi connectivity index (χ1) is 12.0. The SMILES string of the molecule is Cc1cccc(-c2noc(CNC(=O)N3CCC(C(N)=O)CC3)n2)c1. The highest BCUT2D eigenvalue weighted by molar-refractivity contribution is 5.78. The number of primary amides is 1. The Labute approximate surface area is 145 Å². The van der Waals surface area contributed by atoms with Gasteiger partial charge in [-0.3, -0.25) is 4.79 Å². The van der Waals surface area contributed by atoms with E-state index in [1.54, 1.807) is 4.90 Å². The Morgan fingerprint density at radius 2 is 2.12 bits per heavy atom.